The second-order valence-electron chi connectivity index (χ2n) is 3.91. The van der Waals surface area contributed by atoms with Crippen LogP contribution in [0.5, 0.6) is 5.75 Å². The van der Waals surface area contributed by atoms with Crippen molar-refractivity contribution in [3.63, 3.8) is 0 Å². The SMILES string of the molecule is NC(=S)c1ccc(OCc2ccc(Cl)cc2F)cc1. The molecule has 2 rings (SSSR count). The molecule has 0 spiro atoms. The van der Waals surface area contributed by atoms with E-state index < -0.39 is 0 Å². The average molecular weight is 296 g/mol. The van der Waals surface area contributed by atoms with E-state index in [0.29, 0.717) is 21.3 Å². The van der Waals surface area contributed by atoms with E-state index in [9.17, 15) is 4.39 Å². The second kappa shape index (κ2) is 5.99. The molecule has 0 aromatic heterocycles. The van der Waals surface area contributed by atoms with Crippen molar-refractivity contribution in [1.29, 1.82) is 0 Å². The minimum Gasteiger partial charge on any atom is -0.489 e. The Morgan fingerprint density at radius 3 is 2.47 bits per heavy atom. The van der Waals surface area contributed by atoms with Crippen molar-refractivity contribution in [2.75, 3.05) is 0 Å². The maximum absolute atomic E-state index is 13.5. The van der Waals surface area contributed by atoms with Crippen molar-refractivity contribution in [2.45, 2.75) is 6.61 Å². The number of hydrogen-bond donors (Lipinski definition) is 1. The third kappa shape index (κ3) is 3.66. The van der Waals surface area contributed by atoms with Gasteiger partial charge in [-0.1, -0.05) is 29.9 Å². The molecule has 0 bridgehead atoms. The minimum atomic E-state index is -0.382. The molecule has 0 saturated heterocycles. The van der Waals surface area contributed by atoms with Gasteiger partial charge in [-0.15, -0.1) is 0 Å². The molecule has 5 heteroatoms. The number of rotatable bonds is 4. The Labute approximate surface area is 120 Å². The highest BCUT2D eigenvalue weighted by molar-refractivity contribution is 7.80. The van der Waals surface area contributed by atoms with Crippen molar-refractivity contribution >= 4 is 28.8 Å². The monoisotopic (exact) mass is 295 g/mol. The van der Waals surface area contributed by atoms with Gasteiger partial charge in [-0.3, -0.25) is 0 Å². The van der Waals surface area contributed by atoms with Crippen LogP contribution < -0.4 is 10.5 Å². The molecule has 2 aromatic carbocycles. The third-order valence-corrected chi connectivity index (χ3v) is 3.02. The minimum absolute atomic E-state index is 0.134. The van der Waals surface area contributed by atoms with Crippen molar-refractivity contribution in [3.05, 3.63) is 64.4 Å². The summed E-state index contributed by atoms with van der Waals surface area (Å²) >= 11 is 10.5. The Morgan fingerprint density at radius 1 is 1.21 bits per heavy atom. The predicted octanol–water partition coefficient (Wildman–Crippen LogP) is 3.69. The number of hydrogen-bond acceptors (Lipinski definition) is 2. The lowest BCUT2D eigenvalue weighted by molar-refractivity contribution is 0.300. The predicted molar refractivity (Wildman–Crippen MR) is 78.1 cm³/mol. The first-order valence-corrected chi connectivity index (χ1v) is 6.31. The molecule has 98 valence electrons. The van der Waals surface area contributed by atoms with E-state index in [0.717, 1.165) is 5.56 Å². The Bertz CT molecular complexity index is 601. The molecule has 0 aliphatic rings. The molecule has 0 unspecified atom stereocenters. The van der Waals surface area contributed by atoms with Crippen LogP contribution in [0.2, 0.25) is 5.02 Å². The Morgan fingerprint density at radius 2 is 1.89 bits per heavy atom. The van der Waals surface area contributed by atoms with Gasteiger partial charge in [0, 0.05) is 16.1 Å². The van der Waals surface area contributed by atoms with Gasteiger partial charge in [-0.2, -0.15) is 0 Å². The molecule has 2 aromatic rings. The molecule has 2 N–H and O–H groups in total. The van der Waals surface area contributed by atoms with Gasteiger partial charge in [0.05, 0.1) is 0 Å². The first-order chi connectivity index (χ1) is 9.06. The zero-order valence-electron chi connectivity index (χ0n) is 9.90. The quantitative estimate of drug-likeness (QED) is 0.874. The lowest BCUT2D eigenvalue weighted by atomic mass is 10.2. The summed E-state index contributed by atoms with van der Waals surface area (Å²) in [5.74, 6) is 0.238. The van der Waals surface area contributed by atoms with Crippen LogP contribution in [-0.2, 0) is 6.61 Å². The second-order valence-corrected chi connectivity index (χ2v) is 4.79. The summed E-state index contributed by atoms with van der Waals surface area (Å²) in [7, 11) is 0. The van der Waals surface area contributed by atoms with Crippen molar-refractivity contribution in [3.8, 4) is 5.75 Å². The van der Waals surface area contributed by atoms with E-state index >= 15 is 0 Å². The largest absolute Gasteiger partial charge is 0.489 e. The van der Waals surface area contributed by atoms with Gasteiger partial charge < -0.3 is 10.5 Å². The summed E-state index contributed by atoms with van der Waals surface area (Å²) in [5, 5.41) is 0.363. The van der Waals surface area contributed by atoms with Crippen molar-refractivity contribution < 1.29 is 9.13 Å². The summed E-state index contributed by atoms with van der Waals surface area (Å²) in [5.41, 5.74) is 6.70. The highest BCUT2D eigenvalue weighted by atomic mass is 35.5. The fourth-order valence-electron chi connectivity index (χ4n) is 1.52. The summed E-state index contributed by atoms with van der Waals surface area (Å²) in [6, 6.07) is 11.5. The maximum Gasteiger partial charge on any atom is 0.131 e. The fourth-order valence-corrected chi connectivity index (χ4v) is 1.81. The normalized spacial score (nSPS) is 10.2. The van der Waals surface area contributed by atoms with Gasteiger partial charge in [0.15, 0.2) is 0 Å². The highest BCUT2D eigenvalue weighted by Crippen LogP contribution is 2.18. The van der Waals surface area contributed by atoms with Crippen LogP contribution in [0.4, 0.5) is 4.39 Å². The van der Waals surface area contributed by atoms with Gasteiger partial charge in [0.2, 0.25) is 0 Å². The average Bonchev–Trinajstić information content (AvgIpc) is 2.38. The summed E-state index contributed by atoms with van der Waals surface area (Å²) in [4.78, 5) is 0.329. The van der Waals surface area contributed by atoms with E-state index in [-0.39, 0.29) is 12.4 Å². The number of thiocarbonyl (C=S) groups is 1. The van der Waals surface area contributed by atoms with Crippen LogP contribution >= 0.6 is 23.8 Å². The molecule has 0 aliphatic heterocycles. The van der Waals surface area contributed by atoms with Gasteiger partial charge in [-0.25, -0.2) is 4.39 Å². The molecule has 0 radical (unpaired) electrons. The summed E-state index contributed by atoms with van der Waals surface area (Å²) in [6.45, 7) is 0.134. The first-order valence-electron chi connectivity index (χ1n) is 5.53. The topological polar surface area (TPSA) is 35.2 Å². The Hall–Kier alpha value is -1.65. The van der Waals surface area contributed by atoms with Crippen molar-refractivity contribution in [2.24, 2.45) is 5.73 Å². The Balaban J connectivity index is 2.04. The van der Waals surface area contributed by atoms with Gasteiger partial charge in [-0.05, 0) is 36.4 Å². The van der Waals surface area contributed by atoms with E-state index in [2.05, 4.69) is 0 Å². The van der Waals surface area contributed by atoms with E-state index in [1.807, 2.05) is 0 Å². The molecule has 0 amide bonds. The molecular formula is C14H11ClFNOS. The number of nitrogens with two attached hydrogens (primary N) is 1. The number of benzene rings is 2. The smallest absolute Gasteiger partial charge is 0.131 e. The number of halogens is 2. The fraction of sp³-hybridized carbons (Fsp3) is 0.0714. The van der Waals surface area contributed by atoms with Gasteiger partial charge in [0.1, 0.15) is 23.2 Å². The molecule has 19 heavy (non-hydrogen) atoms. The zero-order valence-corrected chi connectivity index (χ0v) is 11.5. The van der Waals surface area contributed by atoms with E-state index in [4.69, 9.17) is 34.3 Å². The number of ether oxygens (including phenoxy) is 1. The lowest BCUT2D eigenvalue weighted by Crippen LogP contribution is -2.08. The molecule has 0 aliphatic carbocycles. The maximum atomic E-state index is 13.5. The molecule has 2 nitrogen and oxygen atoms in total. The van der Waals surface area contributed by atoms with Crippen LogP contribution in [0.3, 0.4) is 0 Å². The van der Waals surface area contributed by atoms with Gasteiger partial charge >= 0.3 is 0 Å². The van der Waals surface area contributed by atoms with Crippen molar-refractivity contribution in [1.82, 2.24) is 0 Å². The van der Waals surface area contributed by atoms with Crippen LogP contribution in [0.25, 0.3) is 0 Å². The van der Waals surface area contributed by atoms with Gasteiger partial charge in [0.25, 0.3) is 0 Å². The summed E-state index contributed by atoms with van der Waals surface area (Å²) in [6.07, 6.45) is 0. The summed E-state index contributed by atoms with van der Waals surface area (Å²) < 4.78 is 19.0. The molecular weight excluding hydrogens is 285 g/mol. The standard InChI is InChI=1S/C14H11ClFNOS/c15-11-4-1-10(13(16)7-11)8-18-12-5-2-9(3-6-12)14(17)19/h1-7H,8H2,(H2,17,19). The zero-order chi connectivity index (χ0) is 13.8. The van der Waals surface area contributed by atoms with Crippen LogP contribution in [0.1, 0.15) is 11.1 Å². The third-order valence-electron chi connectivity index (χ3n) is 2.55. The molecule has 0 fully saturated rings. The lowest BCUT2D eigenvalue weighted by Gasteiger charge is -2.08. The van der Waals surface area contributed by atoms with E-state index in [1.165, 1.54) is 6.07 Å². The van der Waals surface area contributed by atoms with Crippen LogP contribution in [-0.4, -0.2) is 4.99 Å². The molecule has 0 saturated carbocycles. The highest BCUT2D eigenvalue weighted by Gasteiger charge is 2.04. The van der Waals surface area contributed by atoms with E-state index in [1.54, 1.807) is 36.4 Å². The van der Waals surface area contributed by atoms with Crippen LogP contribution in [0.15, 0.2) is 42.5 Å². The molecule has 0 atom stereocenters. The first kappa shape index (κ1) is 13.8. The Kier molecular flexibility index (Phi) is 4.35. The van der Waals surface area contributed by atoms with Crippen LogP contribution in [0, 0.1) is 5.82 Å². The molecule has 0 heterocycles.